The molecule has 0 fully saturated rings. The van der Waals surface area contributed by atoms with Gasteiger partial charge < -0.3 is 18.3 Å². The molecular weight excluding hydrogens is 709 g/mol. The van der Waals surface area contributed by atoms with Gasteiger partial charge in [0.2, 0.25) is 0 Å². The molecule has 0 radical (unpaired) electrons. The molecule has 0 amide bonds. The zero-order chi connectivity index (χ0) is 38.2. The van der Waals surface area contributed by atoms with Gasteiger partial charge in [-0.1, -0.05) is 133 Å². The molecule has 0 aliphatic rings. The first kappa shape index (κ1) is 32.4. The van der Waals surface area contributed by atoms with E-state index in [0.29, 0.717) is 0 Å². The van der Waals surface area contributed by atoms with Gasteiger partial charge in [0.25, 0.3) is 0 Å². The quantitative estimate of drug-likeness (QED) is 0.170. The Labute approximate surface area is 334 Å². The standard InChI is InChI=1S/C54H34N2O2/c1-6-21-47(56-48-22-7-2-16-41(48)42-17-3-8-23-49(42)56)40(15-1)37-14-11-13-36(33-37)35-27-29-38(30-28-35)55(39-31-32-53-46(34-39)44-19-5-9-25-51(44)57-53)50-24-12-20-45-43-18-4-10-26-52(43)58-54(45)50/h1-34H. The van der Waals surface area contributed by atoms with Gasteiger partial charge in [-0.3, -0.25) is 0 Å². The highest BCUT2D eigenvalue weighted by Crippen LogP contribution is 2.44. The lowest BCUT2D eigenvalue weighted by Crippen LogP contribution is -2.10. The molecule has 0 spiro atoms. The average Bonchev–Trinajstić information content (AvgIpc) is 3.97. The number of aromatic nitrogens is 1. The Bertz CT molecular complexity index is 3480. The summed E-state index contributed by atoms with van der Waals surface area (Å²) in [4.78, 5) is 2.30. The van der Waals surface area contributed by atoms with Crippen molar-refractivity contribution in [2.75, 3.05) is 4.90 Å². The highest BCUT2D eigenvalue weighted by molar-refractivity contribution is 6.12. The lowest BCUT2D eigenvalue weighted by Gasteiger charge is -2.26. The number of benzene rings is 9. The molecule has 0 bridgehead atoms. The number of fused-ring (bicyclic) bond motifs is 9. The third-order valence-electron chi connectivity index (χ3n) is 11.6. The smallest absolute Gasteiger partial charge is 0.159 e. The Morgan fingerprint density at radius 1 is 0.345 bits per heavy atom. The summed E-state index contributed by atoms with van der Waals surface area (Å²) in [5.41, 5.74) is 14.7. The van der Waals surface area contributed by atoms with E-state index in [1.807, 2.05) is 24.3 Å². The van der Waals surface area contributed by atoms with Gasteiger partial charge in [0.15, 0.2) is 5.58 Å². The van der Waals surface area contributed by atoms with Gasteiger partial charge in [-0.2, -0.15) is 0 Å². The second-order valence-corrected chi connectivity index (χ2v) is 14.9. The van der Waals surface area contributed by atoms with Crippen molar-refractivity contribution < 1.29 is 8.83 Å². The van der Waals surface area contributed by atoms with E-state index in [1.54, 1.807) is 0 Å². The fourth-order valence-corrected chi connectivity index (χ4v) is 8.95. The second kappa shape index (κ2) is 12.9. The first-order valence-corrected chi connectivity index (χ1v) is 19.7. The molecule has 272 valence electrons. The number of hydrogen-bond donors (Lipinski definition) is 0. The number of furan rings is 2. The fraction of sp³-hybridized carbons (Fsp3) is 0. The van der Waals surface area contributed by atoms with E-state index in [2.05, 4.69) is 191 Å². The SMILES string of the molecule is c1cc(-c2ccc(N(c3ccc4oc5ccccc5c4c3)c3cccc4c3oc3ccccc34)cc2)cc(-c2ccccc2-n2c3ccccc3c3ccccc32)c1. The summed E-state index contributed by atoms with van der Waals surface area (Å²) in [5, 5.41) is 6.87. The van der Waals surface area contributed by atoms with Crippen molar-refractivity contribution in [3.8, 4) is 27.9 Å². The summed E-state index contributed by atoms with van der Waals surface area (Å²) < 4.78 is 15.3. The lowest BCUT2D eigenvalue weighted by atomic mass is 9.97. The van der Waals surface area contributed by atoms with Crippen LogP contribution >= 0.6 is 0 Å². The highest BCUT2D eigenvalue weighted by Gasteiger charge is 2.21. The van der Waals surface area contributed by atoms with Gasteiger partial charge >= 0.3 is 0 Å². The minimum atomic E-state index is 0.847. The molecule has 58 heavy (non-hydrogen) atoms. The summed E-state index contributed by atoms with van der Waals surface area (Å²) in [5.74, 6) is 0. The molecule has 0 atom stereocenters. The molecule has 0 unspecified atom stereocenters. The normalized spacial score (nSPS) is 11.8. The predicted molar refractivity (Wildman–Crippen MR) is 241 cm³/mol. The van der Waals surface area contributed by atoms with Crippen molar-refractivity contribution in [3.63, 3.8) is 0 Å². The molecular formula is C54H34N2O2. The van der Waals surface area contributed by atoms with Crippen molar-refractivity contribution >= 4 is 82.7 Å². The highest BCUT2D eigenvalue weighted by atomic mass is 16.3. The monoisotopic (exact) mass is 742 g/mol. The molecule has 0 saturated heterocycles. The van der Waals surface area contributed by atoms with Crippen LogP contribution in [0.1, 0.15) is 0 Å². The Balaban J connectivity index is 0.981. The summed E-state index contributed by atoms with van der Waals surface area (Å²) in [6.07, 6.45) is 0. The number of rotatable bonds is 6. The van der Waals surface area contributed by atoms with Crippen LogP contribution in [0.4, 0.5) is 17.1 Å². The Morgan fingerprint density at radius 2 is 0.914 bits per heavy atom. The largest absolute Gasteiger partial charge is 0.456 e. The van der Waals surface area contributed by atoms with Crippen LogP contribution < -0.4 is 4.90 Å². The van der Waals surface area contributed by atoms with Gasteiger partial charge in [-0.05, 0) is 89.5 Å². The maximum Gasteiger partial charge on any atom is 0.159 e. The number of hydrogen-bond acceptors (Lipinski definition) is 3. The first-order chi connectivity index (χ1) is 28.8. The minimum absolute atomic E-state index is 0.847. The topological polar surface area (TPSA) is 34.5 Å². The number of anilines is 3. The van der Waals surface area contributed by atoms with Crippen LogP contribution in [-0.2, 0) is 0 Å². The zero-order valence-electron chi connectivity index (χ0n) is 31.3. The number of para-hydroxylation sites is 6. The molecule has 0 N–H and O–H groups in total. The van der Waals surface area contributed by atoms with Crippen molar-refractivity contribution in [1.82, 2.24) is 4.57 Å². The Kier molecular flexibility index (Phi) is 7.20. The van der Waals surface area contributed by atoms with Gasteiger partial charge in [0, 0.05) is 49.3 Å². The van der Waals surface area contributed by atoms with E-state index in [1.165, 1.54) is 27.4 Å². The van der Waals surface area contributed by atoms with E-state index < -0.39 is 0 Å². The third kappa shape index (κ3) is 5.02. The summed E-state index contributed by atoms with van der Waals surface area (Å²) in [6, 6.07) is 73.2. The summed E-state index contributed by atoms with van der Waals surface area (Å²) >= 11 is 0. The van der Waals surface area contributed by atoms with Crippen LogP contribution in [0, 0.1) is 0 Å². The molecule has 9 aromatic carbocycles. The summed E-state index contributed by atoms with van der Waals surface area (Å²) in [6.45, 7) is 0. The fourth-order valence-electron chi connectivity index (χ4n) is 8.95. The van der Waals surface area contributed by atoms with E-state index in [4.69, 9.17) is 8.83 Å². The second-order valence-electron chi connectivity index (χ2n) is 14.9. The molecule has 3 heterocycles. The third-order valence-corrected chi connectivity index (χ3v) is 11.6. The van der Waals surface area contributed by atoms with E-state index in [9.17, 15) is 0 Å². The molecule has 0 saturated carbocycles. The van der Waals surface area contributed by atoms with Crippen molar-refractivity contribution in [2.24, 2.45) is 0 Å². The van der Waals surface area contributed by atoms with E-state index in [0.717, 1.165) is 83.3 Å². The van der Waals surface area contributed by atoms with Gasteiger partial charge in [-0.25, -0.2) is 0 Å². The van der Waals surface area contributed by atoms with Crippen molar-refractivity contribution in [1.29, 1.82) is 0 Å². The van der Waals surface area contributed by atoms with Crippen LogP contribution in [0.15, 0.2) is 215 Å². The zero-order valence-corrected chi connectivity index (χ0v) is 31.3. The Morgan fingerprint density at radius 3 is 1.69 bits per heavy atom. The van der Waals surface area contributed by atoms with Crippen molar-refractivity contribution in [3.05, 3.63) is 206 Å². The van der Waals surface area contributed by atoms with E-state index in [-0.39, 0.29) is 0 Å². The molecule has 3 aromatic heterocycles. The van der Waals surface area contributed by atoms with Crippen molar-refractivity contribution in [2.45, 2.75) is 0 Å². The maximum atomic E-state index is 6.62. The predicted octanol–water partition coefficient (Wildman–Crippen LogP) is 15.4. The Hall–Kier alpha value is -7.82. The maximum absolute atomic E-state index is 6.62. The molecule has 4 nitrogen and oxygen atoms in total. The lowest BCUT2D eigenvalue weighted by molar-refractivity contribution is 0.669. The van der Waals surface area contributed by atoms with Crippen LogP contribution in [0.25, 0.3) is 93.6 Å². The van der Waals surface area contributed by atoms with Gasteiger partial charge in [-0.15, -0.1) is 0 Å². The van der Waals surface area contributed by atoms with Crippen LogP contribution in [0.3, 0.4) is 0 Å². The van der Waals surface area contributed by atoms with E-state index >= 15 is 0 Å². The number of nitrogens with zero attached hydrogens (tertiary/aromatic N) is 2. The molecule has 4 heteroatoms. The molecule has 12 aromatic rings. The molecule has 12 rings (SSSR count). The van der Waals surface area contributed by atoms with Crippen LogP contribution in [0.2, 0.25) is 0 Å². The average molecular weight is 743 g/mol. The summed E-state index contributed by atoms with van der Waals surface area (Å²) in [7, 11) is 0. The van der Waals surface area contributed by atoms with Gasteiger partial charge in [0.05, 0.1) is 22.4 Å². The first-order valence-electron chi connectivity index (χ1n) is 19.7. The molecule has 0 aliphatic carbocycles. The van der Waals surface area contributed by atoms with Crippen LogP contribution in [-0.4, -0.2) is 4.57 Å². The molecule has 0 aliphatic heterocycles. The van der Waals surface area contributed by atoms with Gasteiger partial charge in [0.1, 0.15) is 16.7 Å². The minimum Gasteiger partial charge on any atom is -0.456 e. The van der Waals surface area contributed by atoms with Crippen LogP contribution in [0.5, 0.6) is 0 Å².